The van der Waals surface area contributed by atoms with Crippen LogP contribution in [0.1, 0.15) is 30.0 Å². The van der Waals surface area contributed by atoms with Gasteiger partial charge in [-0.2, -0.15) is 0 Å². The molecule has 3 atom stereocenters. The molecule has 4 N–H and O–H groups in total. The van der Waals surface area contributed by atoms with Crippen molar-refractivity contribution in [3.05, 3.63) is 76.3 Å². The molecule has 6 nitrogen and oxygen atoms in total. The van der Waals surface area contributed by atoms with Crippen LogP contribution in [0, 0.1) is 12.8 Å². The first-order valence-corrected chi connectivity index (χ1v) is 11.9. The predicted octanol–water partition coefficient (Wildman–Crippen LogP) is 3.85. The molecule has 178 valence electrons. The van der Waals surface area contributed by atoms with Crippen LogP contribution < -0.4 is 16.0 Å². The van der Waals surface area contributed by atoms with Crippen molar-refractivity contribution in [3.8, 4) is 5.75 Å². The molecule has 0 radical (unpaired) electrons. The smallest absolute Gasteiger partial charge is 0.242 e. The minimum absolute atomic E-state index is 0.106. The molecule has 3 aromatic rings. The van der Waals surface area contributed by atoms with E-state index in [4.69, 9.17) is 11.6 Å². The van der Waals surface area contributed by atoms with Gasteiger partial charge in [-0.1, -0.05) is 54.1 Å². The zero-order valence-electron chi connectivity index (χ0n) is 19.4. The number of rotatable bonds is 7. The Balaban J connectivity index is 1.26. The second kappa shape index (κ2) is 10.5. The van der Waals surface area contributed by atoms with Crippen LogP contribution in [0.25, 0.3) is 10.8 Å². The summed E-state index contributed by atoms with van der Waals surface area (Å²) in [6.45, 7) is 4.29. The number of aryl methyl sites for hydroxylation is 1. The fourth-order valence-electron chi connectivity index (χ4n) is 4.52. The minimum atomic E-state index is -0.698. The van der Waals surface area contributed by atoms with E-state index in [1.807, 2.05) is 12.1 Å². The number of nitrogens with one attached hydrogen (secondary N) is 3. The maximum atomic E-state index is 12.7. The van der Waals surface area contributed by atoms with Crippen LogP contribution in [0.5, 0.6) is 5.75 Å². The number of halogens is 1. The maximum absolute atomic E-state index is 12.7. The van der Waals surface area contributed by atoms with Crippen LogP contribution >= 0.6 is 11.6 Å². The second-order valence-electron chi connectivity index (χ2n) is 9.13. The molecule has 0 aliphatic carbocycles. The van der Waals surface area contributed by atoms with Crippen LogP contribution in [-0.4, -0.2) is 35.5 Å². The van der Waals surface area contributed by atoms with Crippen LogP contribution in [-0.2, 0) is 22.6 Å². The number of carbonyl (C=O) groups excluding carboxylic acids is 2. The lowest BCUT2D eigenvalue weighted by Gasteiger charge is -2.18. The molecule has 0 spiro atoms. The highest BCUT2D eigenvalue weighted by Gasteiger charge is 2.31. The topological polar surface area (TPSA) is 90.5 Å². The van der Waals surface area contributed by atoms with Crippen LogP contribution in [0.2, 0.25) is 5.02 Å². The number of hydrogen-bond donors (Lipinski definition) is 4. The van der Waals surface area contributed by atoms with E-state index in [0.29, 0.717) is 22.1 Å². The van der Waals surface area contributed by atoms with E-state index >= 15 is 0 Å². The number of benzene rings is 3. The van der Waals surface area contributed by atoms with Gasteiger partial charge >= 0.3 is 0 Å². The zero-order chi connectivity index (χ0) is 24.2. The molecule has 2 amide bonds. The number of hydrogen-bond acceptors (Lipinski definition) is 4. The lowest BCUT2D eigenvalue weighted by molar-refractivity contribution is -0.129. The van der Waals surface area contributed by atoms with E-state index < -0.39 is 6.04 Å². The molecule has 0 bridgehead atoms. The van der Waals surface area contributed by atoms with Gasteiger partial charge in [0.1, 0.15) is 11.8 Å². The summed E-state index contributed by atoms with van der Waals surface area (Å²) < 4.78 is 0. The molecule has 0 saturated carbocycles. The van der Waals surface area contributed by atoms with Crippen LogP contribution in [0.3, 0.4) is 0 Å². The van der Waals surface area contributed by atoms with Gasteiger partial charge < -0.3 is 21.1 Å². The summed E-state index contributed by atoms with van der Waals surface area (Å²) in [5.74, 6) is -0.0368. The molecular weight excluding hydrogens is 450 g/mol. The van der Waals surface area contributed by atoms with Crippen molar-refractivity contribution in [3.63, 3.8) is 0 Å². The Bertz CT molecular complexity index is 1210. The molecule has 7 heteroatoms. The SMILES string of the molecule is Cc1cc(Cl)cc(CNC(=O)[C@H](C)NC(=O)[C@H]2C[C@H](Cc3ccc4ccccc4c3)CN2)c1O. The van der Waals surface area contributed by atoms with Gasteiger partial charge in [0.25, 0.3) is 0 Å². The molecule has 34 heavy (non-hydrogen) atoms. The van der Waals surface area contributed by atoms with Crippen molar-refractivity contribution in [1.82, 2.24) is 16.0 Å². The molecule has 0 unspecified atom stereocenters. The summed E-state index contributed by atoms with van der Waals surface area (Å²) in [6, 6.07) is 17.1. The second-order valence-corrected chi connectivity index (χ2v) is 9.56. The molecule has 4 rings (SSSR count). The largest absolute Gasteiger partial charge is 0.507 e. The molecule has 0 aromatic heterocycles. The fraction of sp³-hybridized carbons (Fsp3) is 0.333. The minimum Gasteiger partial charge on any atom is -0.507 e. The van der Waals surface area contributed by atoms with E-state index in [0.717, 1.165) is 19.4 Å². The lowest BCUT2D eigenvalue weighted by Crippen LogP contribution is -2.49. The highest BCUT2D eigenvalue weighted by molar-refractivity contribution is 6.30. The summed E-state index contributed by atoms with van der Waals surface area (Å²) in [5.41, 5.74) is 2.44. The van der Waals surface area contributed by atoms with Gasteiger partial charge in [-0.25, -0.2) is 0 Å². The average molecular weight is 480 g/mol. The lowest BCUT2D eigenvalue weighted by atomic mass is 9.95. The van der Waals surface area contributed by atoms with Crippen molar-refractivity contribution in [2.24, 2.45) is 5.92 Å². The van der Waals surface area contributed by atoms with E-state index in [9.17, 15) is 14.7 Å². The molecule has 3 aromatic carbocycles. The van der Waals surface area contributed by atoms with Gasteiger partial charge in [-0.3, -0.25) is 9.59 Å². The van der Waals surface area contributed by atoms with E-state index in [1.54, 1.807) is 26.0 Å². The van der Waals surface area contributed by atoms with Crippen molar-refractivity contribution in [2.75, 3.05) is 6.54 Å². The highest BCUT2D eigenvalue weighted by atomic mass is 35.5. The Hall–Kier alpha value is -3.09. The van der Waals surface area contributed by atoms with Crippen molar-refractivity contribution in [1.29, 1.82) is 0 Å². The molecule has 1 saturated heterocycles. The third-order valence-corrected chi connectivity index (χ3v) is 6.64. The van der Waals surface area contributed by atoms with Gasteiger partial charge in [-0.05, 0) is 73.2 Å². The highest BCUT2D eigenvalue weighted by Crippen LogP contribution is 2.26. The van der Waals surface area contributed by atoms with Crippen molar-refractivity contribution >= 4 is 34.2 Å². The van der Waals surface area contributed by atoms with Gasteiger partial charge in [0.2, 0.25) is 11.8 Å². The van der Waals surface area contributed by atoms with E-state index in [-0.39, 0.29) is 30.2 Å². The van der Waals surface area contributed by atoms with Crippen molar-refractivity contribution < 1.29 is 14.7 Å². The Morgan fingerprint density at radius 1 is 1.15 bits per heavy atom. The fourth-order valence-corrected chi connectivity index (χ4v) is 4.81. The van der Waals surface area contributed by atoms with Crippen molar-refractivity contribution in [2.45, 2.75) is 45.3 Å². The van der Waals surface area contributed by atoms with E-state index in [2.05, 4.69) is 46.3 Å². The Morgan fingerprint density at radius 3 is 2.71 bits per heavy atom. The standard InChI is InChI=1S/C27H30ClN3O3/c1-16-9-23(28)13-22(25(16)32)15-30-26(33)17(2)31-27(34)24-12-19(14-29-24)10-18-7-8-20-5-3-4-6-21(20)11-18/h3-9,11,13,17,19,24,29,32H,10,12,14-15H2,1-2H3,(H,30,33)(H,31,34)/t17-,19-,24+/m0/s1. The quantitative estimate of drug-likeness (QED) is 0.414. The maximum Gasteiger partial charge on any atom is 0.242 e. The summed E-state index contributed by atoms with van der Waals surface area (Å²) in [6.07, 6.45) is 1.63. The van der Waals surface area contributed by atoms with Crippen LogP contribution in [0.4, 0.5) is 0 Å². The molecule has 1 aliphatic heterocycles. The number of fused-ring (bicyclic) bond motifs is 1. The first-order valence-electron chi connectivity index (χ1n) is 11.6. The molecule has 1 heterocycles. The third kappa shape index (κ3) is 5.69. The van der Waals surface area contributed by atoms with Gasteiger partial charge in [0.05, 0.1) is 6.04 Å². The first-order chi connectivity index (χ1) is 16.3. The number of amides is 2. The Labute approximate surface area is 204 Å². The summed E-state index contributed by atoms with van der Waals surface area (Å²) in [4.78, 5) is 25.2. The number of phenols is 1. The first kappa shape index (κ1) is 24.0. The number of aromatic hydroxyl groups is 1. The third-order valence-electron chi connectivity index (χ3n) is 6.43. The zero-order valence-corrected chi connectivity index (χ0v) is 20.2. The molecular formula is C27H30ClN3O3. The predicted molar refractivity (Wildman–Crippen MR) is 135 cm³/mol. The summed E-state index contributed by atoms with van der Waals surface area (Å²) >= 11 is 6.04. The molecule has 1 fully saturated rings. The normalized spacial score (nSPS) is 18.6. The Morgan fingerprint density at radius 2 is 1.91 bits per heavy atom. The van der Waals surface area contributed by atoms with E-state index in [1.165, 1.54) is 16.3 Å². The number of phenolic OH excluding ortho intramolecular Hbond substituents is 1. The van der Waals surface area contributed by atoms with Gasteiger partial charge in [0, 0.05) is 17.1 Å². The Kier molecular flexibility index (Phi) is 7.39. The van der Waals surface area contributed by atoms with Gasteiger partial charge in [-0.15, -0.1) is 0 Å². The summed E-state index contributed by atoms with van der Waals surface area (Å²) in [7, 11) is 0. The van der Waals surface area contributed by atoms with Crippen LogP contribution in [0.15, 0.2) is 54.6 Å². The monoisotopic (exact) mass is 479 g/mol. The number of carbonyl (C=O) groups is 2. The average Bonchev–Trinajstić information content (AvgIpc) is 3.28. The van der Waals surface area contributed by atoms with Gasteiger partial charge in [0.15, 0.2) is 0 Å². The molecule has 1 aliphatic rings. The summed E-state index contributed by atoms with van der Waals surface area (Å²) in [5, 5.41) is 21.9.